The van der Waals surface area contributed by atoms with Gasteiger partial charge in [-0.3, -0.25) is 14.6 Å². The lowest BCUT2D eigenvalue weighted by Gasteiger charge is -2.30. The van der Waals surface area contributed by atoms with Gasteiger partial charge in [-0.25, -0.2) is 4.98 Å². The van der Waals surface area contributed by atoms with E-state index in [0.29, 0.717) is 42.8 Å². The summed E-state index contributed by atoms with van der Waals surface area (Å²) in [5.41, 5.74) is 0.498. The zero-order chi connectivity index (χ0) is 14.1. The van der Waals surface area contributed by atoms with Gasteiger partial charge < -0.3 is 10.0 Å². The molecule has 1 aromatic carbocycles. The van der Waals surface area contributed by atoms with Crippen molar-refractivity contribution in [1.82, 2.24) is 9.97 Å². The molecule has 6 nitrogen and oxygen atoms in total. The number of hydrogen-bond acceptors (Lipinski definition) is 4. The number of benzene rings is 1. The molecule has 1 aliphatic heterocycles. The van der Waals surface area contributed by atoms with Crippen molar-refractivity contribution in [2.24, 2.45) is 5.92 Å². The van der Waals surface area contributed by atoms with Gasteiger partial charge in [0.1, 0.15) is 0 Å². The van der Waals surface area contributed by atoms with Crippen LogP contribution in [0.3, 0.4) is 0 Å². The van der Waals surface area contributed by atoms with E-state index in [1.165, 1.54) is 0 Å². The minimum absolute atomic E-state index is 0.161. The molecular formula is C14H15N3O3. The fourth-order valence-corrected chi connectivity index (χ4v) is 2.56. The van der Waals surface area contributed by atoms with Gasteiger partial charge in [-0.05, 0) is 25.0 Å². The largest absolute Gasteiger partial charge is 0.481 e. The van der Waals surface area contributed by atoms with Crippen molar-refractivity contribution < 1.29 is 9.90 Å². The van der Waals surface area contributed by atoms with Gasteiger partial charge in [-0.2, -0.15) is 0 Å². The van der Waals surface area contributed by atoms with Crippen LogP contribution in [0.1, 0.15) is 12.8 Å². The molecule has 2 heterocycles. The first-order valence-corrected chi connectivity index (χ1v) is 6.62. The number of hydrogen-bond donors (Lipinski definition) is 2. The maximum atomic E-state index is 12.0. The number of H-pyrrole nitrogens is 1. The van der Waals surface area contributed by atoms with Gasteiger partial charge in [0.25, 0.3) is 5.56 Å². The molecule has 1 aliphatic rings. The molecule has 1 fully saturated rings. The number of aliphatic carboxylic acids is 1. The highest BCUT2D eigenvalue weighted by Gasteiger charge is 2.25. The van der Waals surface area contributed by atoms with Crippen LogP contribution in [0.4, 0.5) is 5.95 Å². The summed E-state index contributed by atoms with van der Waals surface area (Å²) in [5.74, 6) is -0.513. The van der Waals surface area contributed by atoms with E-state index < -0.39 is 5.97 Å². The normalized spacial score (nSPS) is 16.5. The average Bonchev–Trinajstić information content (AvgIpc) is 2.47. The van der Waals surface area contributed by atoms with Crippen molar-refractivity contribution in [3.8, 4) is 0 Å². The predicted molar refractivity (Wildman–Crippen MR) is 74.9 cm³/mol. The summed E-state index contributed by atoms with van der Waals surface area (Å²) in [6, 6.07) is 7.19. The minimum atomic E-state index is -0.746. The van der Waals surface area contributed by atoms with Crippen molar-refractivity contribution in [3.05, 3.63) is 34.6 Å². The first kappa shape index (κ1) is 12.7. The molecule has 3 rings (SSSR count). The van der Waals surface area contributed by atoms with Gasteiger partial charge >= 0.3 is 5.97 Å². The van der Waals surface area contributed by atoms with Crippen LogP contribution in [0.25, 0.3) is 10.9 Å². The Labute approximate surface area is 115 Å². The molecule has 0 aliphatic carbocycles. The highest BCUT2D eigenvalue weighted by Crippen LogP contribution is 2.21. The van der Waals surface area contributed by atoms with E-state index in [1.807, 2.05) is 11.0 Å². The monoisotopic (exact) mass is 273 g/mol. The summed E-state index contributed by atoms with van der Waals surface area (Å²) in [6.45, 7) is 1.19. The van der Waals surface area contributed by atoms with Crippen LogP contribution >= 0.6 is 0 Å². The summed E-state index contributed by atoms with van der Waals surface area (Å²) in [5, 5.41) is 9.55. The maximum Gasteiger partial charge on any atom is 0.306 e. The molecule has 0 bridgehead atoms. The first-order chi connectivity index (χ1) is 9.65. The Morgan fingerprint density at radius 3 is 2.70 bits per heavy atom. The highest BCUT2D eigenvalue weighted by atomic mass is 16.4. The molecule has 20 heavy (non-hydrogen) atoms. The van der Waals surface area contributed by atoms with Gasteiger partial charge in [0.05, 0.1) is 16.8 Å². The molecule has 6 heteroatoms. The summed E-state index contributed by atoms with van der Waals surface area (Å²) in [7, 11) is 0. The van der Waals surface area contributed by atoms with Crippen molar-refractivity contribution in [2.75, 3.05) is 18.0 Å². The number of carboxylic acid groups (broad SMARTS) is 1. The summed E-state index contributed by atoms with van der Waals surface area (Å²) in [6.07, 6.45) is 1.15. The number of aromatic amines is 1. The van der Waals surface area contributed by atoms with E-state index in [2.05, 4.69) is 9.97 Å². The zero-order valence-corrected chi connectivity index (χ0v) is 10.9. The predicted octanol–water partition coefficient (Wildman–Crippen LogP) is 1.22. The molecule has 0 radical (unpaired) electrons. The minimum Gasteiger partial charge on any atom is -0.481 e. The Kier molecular flexibility index (Phi) is 3.14. The Balaban J connectivity index is 1.88. The number of piperidine rings is 1. The van der Waals surface area contributed by atoms with E-state index >= 15 is 0 Å². The number of aromatic nitrogens is 2. The maximum absolute atomic E-state index is 12.0. The number of nitrogens with zero attached hydrogens (tertiary/aromatic N) is 2. The third-order valence-electron chi connectivity index (χ3n) is 3.74. The van der Waals surface area contributed by atoms with Crippen LogP contribution in [-0.2, 0) is 4.79 Å². The lowest BCUT2D eigenvalue weighted by Crippen LogP contribution is -2.38. The van der Waals surface area contributed by atoms with Crippen LogP contribution in [0.5, 0.6) is 0 Å². The summed E-state index contributed by atoms with van der Waals surface area (Å²) in [4.78, 5) is 32.1. The van der Waals surface area contributed by atoms with Gasteiger partial charge in [0.2, 0.25) is 5.95 Å². The van der Waals surface area contributed by atoms with E-state index in [1.54, 1.807) is 18.2 Å². The second-order valence-electron chi connectivity index (χ2n) is 5.01. The number of carbonyl (C=O) groups is 1. The Hall–Kier alpha value is -2.37. The fourth-order valence-electron chi connectivity index (χ4n) is 2.56. The Bertz CT molecular complexity index is 702. The van der Waals surface area contributed by atoms with Gasteiger partial charge in [0.15, 0.2) is 0 Å². The lowest BCUT2D eigenvalue weighted by atomic mass is 9.97. The number of nitrogens with one attached hydrogen (secondary N) is 1. The van der Waals surface area contributed by atoms with E-state index in [-0.39, 0.29) is 11.5 Å². The van der Waals surface area contributed by atoms with Crippen LogP contribution in [0.2, 0.25) is 0 Å². The Morgan fingerprint density at radius 1 is 1.30 bits per heavy atom. The molecule has 0 saturated carbocycles. The van der Waals surface area contributed by atoms with Crippen molar-refractivity contribution in [3.63, 3.8) is 0 Å². The molecule has 0 amide bonds. The first-order valence-electron chi connectivity index (χ1n) is 6.62. The zero-order valence-electron chi connectivity index (χ0n) is 10.9. The number of rotatable bonds is 2. The van der Waals surface area contributed by atoms with Crippen molar-refractivity contribution >= 4 is 22.8 Å². The summed E-state index contributed by atoms with van der Waals surface area (Å²) >= 11 is 0. The standard InChI is InChI=1S/C14H15N3O3/c18-12-10-3-1-2-4-11(10)15-14(16-12)17-7-5-9(6-8-17)13(19)20/h1-4,9H,5-8H2,(H,19,20)(H,15,16,18). The van der Waals surface area contributed by atoms with Crippen LogP contribution in [0, 0.1) is 5.92 Å². The van der Waals surface area contributed by atoms with E-state index in [0.717, 1.165) is 0 Å². The lowest BCUT2D eigenvalue weighted by molar-refractivity contribution is -0.142. The highest BCUT2D eigenvalue weighted by molar-refractivity contribution is 5.78. The van der Waals surface area contributed by atoms with Crippen molar-refractivity contribution in [2.45, 2.75) is 12.8 Å². The number of carboxylic acids is 1. The molecular weight excluding hydrogens is 258 g/mol. The second kappa shape index (κ2) is 4.96. The van der Waals surface area contributed by atoms with Gasteiger partial charge in [-0.1, -0.05) is 12.1 Å². The summed E-state index contributed by atoms with van der Waals surface area (Å²) < 4.78 is 0. The Morgan fingerprint density at radius 2 is 2.00 bits per heavy atom. The van der Waals surface area contributed by atoms with Crippen LogP contribution in [0.15, 0.2) is 29.1 Å². The van der Waals surface area contributed by atoms with Gasteiger partial charge in [-0.15, -0.1) is 0 Å². The average molecular weight is 273 g/mol. The number of para-hydroxylation sites is 1. The van der Waals surface area contributed by atoms with E-state index in [4.69, 9.17) is 5.11 Å². The SMILES string of the molecule is O=C(O)C1CCN(c2nc3ccccc3c(=O)[nH]2)CC1. The molecule has 0 atom stereocenters. The van der Waals surface area contributed by atoms with Gasteiger partial charge in [0, 0.05) is 13.1 Å². The fraction of sp³-hybridized carbons (Fsp3) is 0.357. The van der Waals surface area contributed by atoms with Crippen LogP contribution < -0.4 is 10.5 Å². The third kappa shape index (κ3) is 2.24. The van der Waals surface area contributed by atoms with Crippen LogP contribution in [-0.4, -0.2) is 34.1 Å². The quantitative estimate of drug-likeness (QED) is 0.859. The third-order valence-corrected chi connectivity index (χ3v) is 3.74. The molecule has 1 saturated heterocycles. The molecule has 2 N–H and O–H groups in total. The van der Waals surface area contributed by atoms with Crippen molar-refractivity contribution in [1.29, 1.82) is 0 Å². The van der Waals surface area contributed by atoms with E-state index in [9.17, 15) is 9.59 Å². The molecule has 0 spiro atoms. The molecule has 0 unspecified atom stereocenters. The molecule has 1 aromatic heterocycles. The smallest absolute Gasteiger partial charge is 0.306 e. The molecule has 2 aromatic rings. The topological polar surface area (TPSA) is 86.3 Å². The number of anilines is 1. The second-order valence-corrected chi connectivity index (χ2v) is 5.01. The molecule has 104 valence electrons. The number of fused-ring (bicyclic) bond motifs is 1.